The van der Waals surface area contributed by atoms with Gasteiger partial charge in [-0.15, -0.1) is 0 Å². The monoisotopic (exact) mass is 479 g/mol. The number of hydrogen-bond donors (Lipinski definition) is 1. The second kappa shape index (κ2) is 11.0. The van der Waals surface area contributed by atoms with Crippen molar-refractivity contribution in [3.63, 3.8) is 0 Å². The predicted molar refractivity (Wildman–Crippen MR) is 125 cm³/mol. The van der Waals surface area contributed by atoms with E-state index in [2.05, 4.69) is 5.32 Å². The molecule has 0 aliphatic heterocycles. The van der Waals surface area contributed by atoms with Crippen molar-refractivity contribution in [2.24, 2.45) is 0 Å². The zero-order valence-electron chi connectivity index (χ0n) is 19.3. The molecule has 33 heavy (non-hydrogen) atoms. The number of aryl methyl sites for hydroxylation is 1. The van der Waals surface area contributed by atoms with Crippen molar-refractivity contribution < 1.29 is 27.6 Å². The molecule has 0 aliphatic rings. The summed E-state index contributed by atoms with van der Waals surface area (Å²) in [5, 5.41) is 13.9. The third-order valence-electron chi connectivity index (χ3n) is 5.15. The van der Waals surface area contributed by atoms with E-state index in [4.69, 9.17) is 9.47 Å². The van der Waals surface area contributed by atoms with Gasteiger partial charge in [0.15, 0.2) is 0 Å². The molecule has 10 nitrogen and oxygen atoms in total. The van der Waals surface area contributed by atoms with Gasteiger partial charge in [-0.1, -0.05) is 19.1 Å². The Labute approximate surface area is 193 Å². The zero-order valence-corrected chi connectivity index (χ0v) is 20.1. The smallest absolute Gasteiger partial charge is 0.271 e. The molecule has 0 saturated carbocycles. The van der Waals surface area contributed by atoms with Crippen LogP contribution in [-0.2, 0) is 14.8 Å². The number of nitrogens with zero attached hydrogens (tertiary/aromatic N) is 2. The highest BCUT2D eigenvalue weighted by molar-refractivity contribution is 7.92. The number of amides is 1. The van der Waals surface area contributed by atoms with Crippen LogP contribution in [0.3, 0.4) is 0 Å². The number of anilines is 1. The maximum Gasteiger partial charge on any atom is 0.271 e. The number of nitro benzene ring substituents is 1. The van der Waals surface area contributed by atoms with E-state index >= 15 is 0 Å². The lowest BCUT2D eigenvalue weighted by Crippen LogP contribution is -2.50. The summed E-state index contributed by atoms with van der Waals surface area (Å²) in [6.45, 7) is 5.89. The Morgan fingerprint density at radius 3 is 2.48 bits per heavy atom. The lowest BCUT2D eigenvalue weighted by Gasteiger charge is -2.30. The highest BCUT2D eigenvalue weighted by atomic mass is 32.2. The Kier molecular flexibility index (Phi) is 8.63. The summed E-state index contributed by atoms with van der Waals surface area (Å²) in [5.41, 5.74) is 1.67. The van der Waals surface area contributed by atoms with Crippen LogP contribution in [0.15, 0.2) is 36.4 Å². The summed E-state index contributed by atoms with van der Waals surface area (Å²) < 4.78 is 37.1. The Morgan fingerprint density at radius 1 is 1.21 bits per heavy atom. The SMILES string of the molecule is CCC(C(=O)NCCOc1cccc(C)c1C)N(c1cc([N+](=O)[O-])ccc1OC)S(C)(=O)=O. The van der Waals surface area contributed by atoms with E-state index in [0.29, 0.717) is 5.75 Å². The standard InChI is InChI=1S/C22H29N3O7S/c1-6-18(22(26)23-12-13-32-20-9-7-8-15(2)16(20)3)24(33(5,29)30)19-14-17(25(27)28)10-11-21(19)31-4/h7-11,14,18H,6,12-13H2,1-5H3,(H,23,26). The summed E-state index contributed by atoms with van der Waals surface area (Å²) in [5.74, 6) is 0.243. The van der Waals surface area contributed by atoms with Gasteiger partial charge in [0.2, 0.25) is 15.9 Å². The number of ether oxygens (including phenoxy) is 2. The maximum atomic E-state index is 12.9. The van der Waals surface area contributed by atoms with Gasteiger partial charge < -0.3 is 14.8 Å². The molecule has 1 unspecified atom stereocenters. The summed E-state index contributed by atoms with van der Waals surface area (Å²) >= 11 is 0. The third-order valence-corrected chi connectivity index (χ3v) is 6.32. The van der Waals surface area contributed by atoms with E-state index in [1.54, 1.807) is 6.92 Å². The van der Waals surface area contributed by atoms with Crippen LogP contribution in [0.1, 0.15) is 24.5 Å². The molecule has 0 heterocycles. The molecule has 11 heteroatoms. The van der Waals surface area contributed by atoms with E-state index in [-0.39, 0.29) is 36.7 Å². The fraction of sp³-hybridized carbons (Fsp3) is 0.409. The first-order valence-corrected chi connectivity index (χ1v) is 12.1. The van der Waals surface area contributed by atoms with Crippen molar-refractivity contribution in [2.45, 2.75) is 33.2 Å². The van der Waals surface area contributed by atoms with Gasteiger partial charge in [-0.2, -0.15) is 0 Å². The van der Waals surface area contributed by atoms with Gasteiger partial charge in [-0.3, -0.25) is 19.2 Å². The summed E-state index contributed by atoms with van der Waals surface area (Å²) in [6.07, 6.45) is 1.06. The first kappa shape index (κ1) is 25.9. The molecule has 0 bridgehead atoms. The fourth-order valence-corrected chi connectivity index (χ4v) is 4.54. The first-order valence-electron chi connectivity index (χ1n) is 10.3. The average molecular weight is 480 g/mol. The minimum atomic E-state index is -3.99. The molecule has 0 saturated heterocycles. The van der Waals surface area contributed by atoms with Crippen LogP contribution in [0, 0.1) is 24.0 Å². The van der Waals surface area contributed by atoms with Gasteiger partial charge >= 0.3 is 0 Å². The molecular weight excluding hydrogens is 450 g/mol. The van der Waals surface area contributed by atoms with Crippen LogP contribution in [0.5, 0.6) is 11.5 Å². The molecule has 0 aliphatic carbocycles. The fourth-order valence-electron chi connectivity index (χ4n) is 3.33. The molecule has 180 valence electrons. The van der Waals surface area contributed by atoms with Crippen molar-refractivity contribution in [3.05, 3.63) is 57.6 Å². The lowest BCUT2D eigenvalue weighted by molar-refractivity contribution is -0.384. The van der Waals surface area contributed by atoms with Crippen molar-refractivity contribution in [2.75, 3.05) is 30.8 Å². The summed E-state index contributed by atoms with van der Waals surface area (Å²) in [4.78, 5) is 23.5. The van der Waals surface area contributed by atoms with Gasteiger partial charge in [-0.25, -0.2) is 8.42 Å². The van der Waals surface area contributed by atoms with Crippen LogP contribution in [0.2, 0.25) is 0 Å². The highest BCUT2D eigenvalue weighted by Gasteiger charge is 2.34. The average Bonchev–Trinajstić information content (AvgIpc) is 2.76. The molecule has 0 fully saturated rings. The van der Waals surface area contributed by atoms with Crippen molar-refractivity contribution in [3.8, 4) is 11.5 Å². The number of hydrogen-bond acceptors (Lipinski definition) is 7. The number of benzene rings is 2. The van der Waals surface area contributed by atoms with E-state index in [0.717, 1.165) is 27.8 Å². The number of non-ortho nitro benzene ring substituents is 1. The van der Waals surface area contributed by atoms with Crippen molar-refractivity contribution in [1.82, 2.24) is 5.32 Å². The largest absolute Gasteiger partial charge is 0.495 e. The Morgan fingerprint density at radius 2 is 1.91 bits per heavy atom. The van der Waals surface area contributed by atoms with Gasteiger partial charge in [-0.05, 0) is 43.5 Å². The number of rotatable bonds is 11. The summed E-state index contributed by atoms with van der Waals surface area (Å²) in [7, 11) is -2.68. The number of sulfonamides is 1. The molecule has 1 atom stereocenters. The molecule has 0 spiro atoms. The maximum absolute atomic E-state index is 12.9. The number of nitrogens with one attached hydrogen (secondary N) is 1. The van der Waals surface area contributed by atoms with Crippen LogP contribution in [0.25, 0.3) is 0 Å². The van der Waals surface area contributed by atoms with E-state index in [1.807, 2.05) is 32.0 Å². The highest BCUT2D eigenvalue weighted by Crippen LogP contribution is 2.35. The van der Waals surface area contributed by atoms with E-state index in [9.17, 15) is 23.3 Å². The minimum Gasteiger partial charge on any atom is -0.495 e. The molecule has 2 aromatic carbocycles. The molecule has 0 radical (unpaired) electrons. The molecular formula is C22H29N3O7S. The topological polar surface area (TPSA) is 128 Å². The third kappa shape index (κ3) is 6.35. The quantitative estimate of drug-likeness (QED) is 0.298. The Bertz CT molecular complexity index is 1120. The van der Waals surface area contributed by atoms with Crippen LogP contribution < -0.4 is 19.1 Å². The molecule has 0 aromatic heterocycles. The van der Waals surface area contributed by atoms with Gasteiger partial charge in [0.1, 0.15) is 29.8 Å². The Balaban J connectivity index is 2.23. The van der Waals surface area contributed by atoms with Crippen LogP contribution >= 0.6 is 0 Å². The lowest BCUT2D eigenvalue weighted by atomic mass is 10.1. The molecule has 1 amide bonds. The predicted octanol–water partition coefficient (Wildman–Crippen LogP) is 2.96. The van der Waals surface area contributed by atoms with Gasteiger partial charge in [0.05, 0.1) is 24.8 Å². The van der Waals surface area contributed by atoms with E-state index in [1.165, 1.54) is 19.2 Å². The number of methoxy groups -OCH3 is 1. The second-order valence-corrected chi connectivity index (χ2v) is 9.29. The zero-order chi connectivity index (χ0) is 24.8. The van der Waals surface area contributed by atoms with Gasteiger partial charge in [0, 0.05) is 12.1 Å². The Hall–Kier alpha value is -3.34. The molecule has 1 N–H and O–H groups in total. The second-order valence-electron chi connectivity index (χ2n) is 7.43. The normalized spacial score (nSPS) is 12.0. The molecule has 2 rings (SSSR count). The van der Waals surface area contributed by atoms with Crippen LogP contribution in [0.4, 0.5) is 11.4 Å². The number of nitro groups is 1. The van der Waals surface area contributed by atoms with Gasteiger partial charge in [0.25, 0.3) is 5.69 Å². The van der Waals surface area contributed by atoms with Crippen molar-refractivity contribution >= 4 is 27.3 Å². The minimum absolute atomic E-state index is 0.0807. The van der Waals surface area contributed by atoms with Crippen LogP contribution in [-0.4, -0.2) is 51.8 Å². The first-order chi connectivity index (χ1) is 15.5. The number of carbonyl (C=O) groups is 1. The number of carbonyl (C=O) groups excluding carboxylic acids is 1. The molecule has 2 aromatic rings. The van der Waals surface area contributed by atoms with E-state index < -0.39 is 26.9 Å². The van der Waals surface area contributed by atoms with Crippen molar-refractivity contribution in [1.29, 1.82) is 0 Å². The summed E-state index contributed by atoms with van der Waals surface area (Å²) in [6, 6.07) is 8.12.